The molecule has 0 aromatic carbocycles. The van der Waals surface area contributed by atoms with Crippen molar-refractivity contribution in [1.29, 1.82) is 0 Å². The van der Waals surface area contributed by atoms with Crippen LogP contribution in [0.1, 0.15) is 26.7 Å². The van der Waals surface area contributed by atoms with Gasteiger partial charge in [-0.25, -0.2) is 0 Å². The Hall–Kier alpha value is -0.650. The summed E-state index contributed by atoms with van der Waals surface area (Å²) in [4.78, 5) is 11.5. The summed E-state index contributed by atoms with van der Waals surface area (Å²) >= 11 is 0. The van der Waals surface area contributed by atoms with Gasteiger partial charge in [0.1, 0.15) is 0 Å². The Balaban J connectivity index is 3.68. The highest BCUT2D eigenvalue weighted by Gasteiger charge is 2.17. The number of rotatable bonds is 9. The van der Waals surface area contributed by atoms with E-state index in [9.17, 15) is 4.79 Å². The molecule has 1 unspecified atom stereocenters. The first-order valence-corrected chi connectivity index (χ1v) is 5.58. The van der Waals surface area contributed by atoms with Crippen LogP contribution in [0.5, 0.6) is 0 Å². The minimum absolute atomic E-state index is 0.00805. The minimum atomic E-state index is -0.407. The van der Waals surface area contributed by atoms with Crippen molar-refractivity contribution in [1.82, 2.24) is 5.32 Å². The molecule has 0 aliphatic carbocycles. The number of hydrogen-bond donors (Lipinski definition) is 1. The van der Waals surface area contributed by atoms with Crippen LogP contribution in [0.3, 0.4) is 0 Å². The molecule has 0 saturated carbocycles. The Bertz CT molecular complexity index is 183. The van der Waals surface area contributed by atoms with Crippen LogP contribution >= 0.6 is 0 Å². The molecular formula is C11H23NO4. The minimum Gasteiger partial charge on any atom is -0.382 e. The Labute approximate surface area is 97.4 Å². The van der Waals surface area contributed by atoms with Crippen molar-refractivity contribution in [3.63, 3.8) is 0 Å². The van der Waals surface area contributed by atoms with E-state index in [1.165, 1.54) is 0 Å². The van der Waals surface area contributed by atoms with Gasteiger partial charge in [-0.1, -0.05) is 0 Å². The molecule has 1 atom stereocenters. The quantitative estimate of drug-likeness (QED) is 0.475. The third-order valence-electron chi connectivity index (χ3n) is 2.16. The van der Waals surface area contributed by atoms with Gasteiger partial charge in [-0.05, 0) is 20.3 Å². The van der Waals surface area contributed by atoms with E-state index in [1.807, 2.05) is 13.8 Å². The van der Waals surface area contributed by atoms with Crippen LogP contribution in [-0.4, -0.2) is 45.7 Å². The van der Waals surface area contributed by atoms with Crippen LogP contribution in [0.25, 0.3) is 0 Å². The van der Waals surface area contributed by atoms with E-state index in [0.29, 0.717) is 19.6 Å². The van der Waals surface area contributed by atoms with Crippen LogP contribution < -0.4 is 5.32 Å². The lowest BCUT2D eigenvalue weighted by Gasteiger charge is -2.22. The molecular weight excluding hydrogens is 210 g/mol. The second-order valence-electron chi connectivity index (χ2n) is 3.50. The highest BCUT2D eigenvalue weighted by atomic mass is 16.7. The number of carbonyl (C=O) groups excluding carboxylic acids is 1. The van der Waals surface area contributed by atoms with Gasteiger partial charge in [0.05, 0.1) is 6.04 Å². The second kappa shape index (κ2) is 9.57. The zero-order valence-electron chi connectivity index (χ0n) is 10.6. The van der Waals surface area contributed by atoms with E-state index in [-0.39, 0.29) is 11.9 Å². The van der Waals surface area contributed by atoms with Crippen molar-refractivity contribution < 1.29 is 19.0 Å². The molecule has 0 rings (SSSR count). The summed E-state index contributed by atoms with van der Waals surface area (Å²) in [5.74, 6) is -0.00805. The highest BCUT2D eigenvalue weighted by molar-refractivity contribution is 5.76. The van der Waals surface area contributed by atoms with E-state index < -0.39 is 6.29 Å². The molecule has 5 heteroatoms. The Kier molecular flexibility index (Phi) is 9.18. The van der Waals surface area contributed by atoms with E-state index in [2.05, 4.69) is 5.32 Å². The smallest absolute Gasteiger partial charge is 0.220 e. The second-order valence-corrected chi connectivity index (χ2v) is 3.50. The average molecular weight is 233 g/mol. The van der Waals surface area contributed by atoms with Crippen LogP contribution in [0, 0.1) is 0 Å². The molecule has 5 nitrogen and oxygen atoms in total. The molecule has 0 heterocycles. The summed E-state index contributed by atoms with van der Waals surface area (Å²) in [5, 5.41) is 2.81. The number of amides is 1. The van der Waals surface area contributed by atoms with Gasteiger partial charge < -0.3 is 19.5 Å². The van der Waals surface area contributed by atoms with E-state index in [1.54, 1.807) is 14.2 Å². The molecule has 96 valence electrons. The molecule has 0 aliphatic rings. The Morgan fingerprint density at radius 1 is 1.31 bits per heavy atom. The topological polar surface area (TPSA) is 56.8 Å². The van der Waals surface area contributed by atoms with Crippen molar-refractivity contribution in [2.75, 3.05) is 27.4 Å². The predicted octanol–water partition coefficient (Wildman–Crippen LogP) is 0.927. The maximum Gasteiger partial charge on any atom is 0.220 e. The van der Waals surface area contributed by atoms with Gasteiger partial charge in [-0.15, -0.1) is 0 Å². The lowest BCUT2D eigenvalue weighted by atomic mass is 10.2. The Morgan fingerprint density at radius 2 is 1.94 bits per heavy atom. The predicted molar refractivity (Wildman–Crippen MR) is 61.1 cm³/mol. The maximum atomic E-state index is 11.5. The van der Waals surface area contributed by atoms with Crippen molar-refractivity contribution in [3.05, 3.63) is 0 Å². The molecule has 0 radical (unpaired) electrons. The van der Waals surface area contributed by atoms with Crippen molar-refractivity contribution in [3.8, 4) is 0 Å². The van der Waals surface area contributed by atoms with Crippen LogP contribution in [0.4, 0.5) is 0 Å². The van der Waals surface area contributed by atoms with Crippen molar-refractivity contribution in [2.45, 2.75) is 39.0 Å². The van der Waals surface area contributed by atoms with E-state index >= 15 is 0 Å². The molecule has 0 aliphatic heterocycles. The number of carbonyl (C=O) groups is 1. The summed E-state index contributed by atoms with van der Waals surface area (Å²) in [6, 6.07) is -0.158. The summed E-state index contributed by atoms with van der Waals surface area (Å²) in [7, 11) is 3.10. The van der Waals surface area contributed by atoms with E-state index in [0.717, 1.165) is 6.42 Å². The standard InChI is InChI=1S/C11H23NO4/c1-5-16-8-6-7-10(13)12-9(2)11(14-3)15-4/h9,11H,5-8H2,1-4H3,(H,12,13). The van der Waals surface area contributed by atoms with Gasteiger partial charge in [0, 0.05) is 33.9 Å². The molecule has 0 spiro atoms. The fraction of sp³-hybridized carbons (Fsp3) is 0.909. The van der Waals surface area contributed by atoms with Crippen LogP contribution in [0.2, 0.25) is 0 Å². The monoisotopic (exact) mass is 233 g/mol. The molecule has 1 N–H and O–H groups in total. The number of methoxy groups -OCH3 is 2. The molecule has 0 aromatic rings. The van der Waals surface area contributed by atoms with Gasteiger partial charge in [0.25, 0.3) is 0 Å². The fourth-order valence-corrected chi connectivity index (χ4v) is 1.38. The van der Waals surface area contributed by atoms with Gasteiger partial charge in [-0.2, -0.15) is 0 Å². The third-order valence-corrected chi connectivity index (χ3v) is 2.16. The molecule has 0 saturated heterocycles. The number of nitrogens with one attached hydrogen (secondary N) is 1. The first-order chi connectivity index (χ1) is 7.65. The van der Waals surface area contributed by atoms with Crippen molar-refractivity contribution >= 4 is 5.91 Å². The van der Waals surface area contributed by atoms with Gasteiger partial charge >= 0.3 is 0 Å². The van der Waals surface area contributed by atoms with Gasteiger partial charge in [-0.3, -0.25) is 4.79 Å². The normalized spacial score (nSPS) is 12.8. The van der Waals surface area contributed by atoms with Crippen molar-refractivity contribution in [2.24, 2.45) is 0 Å². The zero-order valence-corrected chi connectivity index (χ0v) is 10.6. The first-order valence-electron chi connectivity index (χ1n) is 5.58. The first kappa shape index (κ1) is 15.3. The Morgan fingerprint density at radius 3 is 2.44 bits per heavy atom. The van der Waals surface area contributed by atoms with Crippen LogP contribution in [-0.2, 0) is 19.0 Å². The fourth-order valence-electron chi connectivity index (χ4n) is 1.38. The lowest BCUT2D eigenvalue weighted by Crippen LogP contribution is -2.42. The number of ether oxygens (including phenoxy) is 3. The van der Waals surface area contributed by atoms with Gasteiger partial charge in [0.2, 0.25) is 5.91 Å². The molecule has 1 amide bonds. The molecule has 0 fully saturated rings. The summed E-state index contributed by atoms with van der Waals surface area (Å²) in [6.45, 7) is 5.09. The van der Waals surface area contributed by atoms with Gasteiger partial charge in [0.15, 0.2) is 6.29 Å². The molecule has 0 aromatic heterocycles. The lowest BCUT2D eigenvalue weighted by molar-refractivity contribution is -0.136. The largest absolute Gasteiger partial charge is 0.382 e. The summed E-state index contributed by atoms with van der Waals surface area (Å²) in [5.41, 5.74) is 0. The third kappa shape index (κ3) is 6.76. The number of hydrogen-bond acceptors (Lipinski definition) is 4. The summed E-state index contributed by atoms with van der Waals surface area (Å²) in [6.07, 6.45) is 0.789. The zero-order chi connectivity index (χ0) is 12.4. The average Bonchev–Trinajstić information content (AvgIpc) is 2.26. The van der Waals surface area contributed by atoms with Crippen LogP contribution in [0.15, 0.2) is 0 Å². The molecule has 0 bridgehead atoms. The highest BCUT2D eigenvalue weighted by Crippen LogP contribution is 1.99. The summed E-state index contributed by atoms with van der Waals surface area (Å²) < 4.78 is 15.2. The maximum absolute atomic E-state index is 11.5. The SMILES string of the molecule is CCOCCCC(=O)NC(C)C(OC)OC. The van der Waals surface area contributed by atoms with E-state index in [4.69, 9.17) is 14.2 Å². The molecule has 16 heavy (non-hydrogen) atoms.